The number of piperazine rings is 1. The van der Waals surface area contributed by atoms with Crippen molar-refractivity contribution in [2.45, 2.75) is 19.3 Å². The third-order valence-corrected chi connectivity index (χ3v) is 6.19. The molecular formula is C23H29N5O4. The molecule has 2 aliphatic rings. The van der Waals surface area contributed by atoms with Crippen LogP contribution in [0.1, 0.15) is 24.8 Å². The second-order valence-electron chi connectivity index (χ2n) is 8.16. The number of nitriles is 1. The first kappa shape index (κ1) is 22.0. The molecule has 1 aromatic carbocycles. The zero-order chi connectivity index (χ0) is 22.5. The van der Waals surface area contributed by atoms with E-state index in [2.05, 4.69) is 20.9 Å². The average Bonchev–Trinajstić information content (AvgIpc) is 3.34. The van der Waals surface area contributed by atoms with Crippen molar-refractivity contribution in [3.05, 3.63) is 23.9 Å². The van der Waals surface area contributed by atoms with E-state index in [4.69, 9.17) is 9.47 Å². The van der Waals surface area contributed by atoms with E-state index in [1.165, 1.54) is 30.8 Å². The predicted octanol–water partition coefficient (Wildman–Crippen LogP) is 2.78. The Morgan fingerprint density at radius 2 is 1.91 bits per heavy atom. The van der Waals surface area contributed by atoms with E-state index in [1.807, 2.05) is 12.1 Å². The van der Waals surface area contributed by atoms with E-state index in [-0.39, 0.29) is 0 Å². The van der Waals surface area contributed by atoms with Crippen molar-refractivity contribution in [2.24, 2.45) is 0 Å². The van der Waals surface area contributed by atoms with Gasteiger partial charge in [-0.1, -0.05) is 0 Å². The smallest absolute Gasteiger partial charge is 0.407 e. The van der Waals surface area contributed by atoms with Gasteiger partial charge in [0.2, 0.25) is 0 Å². The van der Waals surface area contributed by atoms with Crippen LogP contribution in [0.4, 0.5) is 10.5 Å². The molecule has 9 nitrogen and oxygen atoms in total. The predicted molar refractivity (Wildman–Crippen MR) is 121 cm³/mol. The number of methoxy groups -OCH3 is 1. The zero-order valence-corrected chi connectivity index (χ0v) is 18.4. The van der Waals surface area contributed by atoms with Gasteiger partial charge in [-0.15, -0.1) is 0 Å². The van der Waals surface area contributed by atoms with Crippen LogP contribution in [0, 0.1) is 11.3 Å². The van der Waals surface area contributed by atoms with Gasteiger partial charge in [0.25, 0.3) is 0 Å². The maximum Gasteiger partial charge on any atom is 0.407 e. The molecule has 2 fully saturated rings. The number of carbonyl (C=O) groups is 1. The summed E-state index contributed by atoms with van der Waals surface area (Å²) < 4.78 is 11.6. The van der Waals surface area contributed by atoms with Crippen molar-refractivity contribution in [3.8, 4) is 17.6 Å². The number of pyridine rings is 1. The van der Waals surface area contributed by atoms with Crippen LogP contribution in [0.15, 0.2) is 18.3 Å². The minimum atomic E-state index is -0.919. The van der Waals surface area contributed by atoms with E-state index in [1.54, 1.807) is 13.3 Å². The Balaban J connectivity index is 1.56. The number of aromatic nitrogens is 1. The first-order valence-electron chi connectivity index (χ1n) is 11.1. The Hall–Kier alpha value is -3.25. The molecule has 2 aromatic rings. The van der Waals surface area contributed by atoms with Crippen LogP contribution >= 0.6 is 0 Å². The van der Waals surface area contributed by atoms with Gasteiger partial charge in [0, 0.05) is 50.4 Å². The lowest BCUT2D eigenvalue weighted by molar-refractivity contribution is 0.142. The normalized spacial score (nSPS) is 16.9. The van der Waals surface area contributed by atoms with E-state index in [0.29, 0.717) is 49.8 Å². The molecule has 1 amide bonds. The van der Waals surface area contributed by atoms with Gasteiger partial charge in [0.05, 0.1) is 30.5 Å². The summed E-state index contributed by atoms with van der Waals surface area (Å²) in [6, 6.07) is 5.97. The molecule has 32 heavy (non-hydrogen) atoms. The lowest BCUT2D eigenvalue weighted by atomic mass is 10.1. The van der Waals surface area contributed by atoms with Crippen molar-refractivity contribution < 1.29 is 19.4 Å². The summed E-state index contributed by atoms with van der Waals surface area (Å²) in [5, 5.41) is 19.7. The molecule has 1 aromatic heterocycles. The van der Waals surface area contributed by atoms with E-state index in [0.717, 1.165) is 29.6 Å². The lowest BCUT2D eigenvalue weighted by Crippen LogP contribution is -2.48. The number of nitrogens with zero attached hydrogens (tertiary/aromatic N) is 5. The molecule has 2 aliphatic heterocycles. The molecule has 0 saturated carbocycles. The van der Waals surface area contributed by atoms with E-state index < -0.39 is 6.09 Å². The van der Waals surface area contributed by atoms with Gasteiger partial charge in [-0.2, -0.15) is 5.26 Å². The largest absolute Gasteiger partial charge is 0.493 e. The molecule has 3 heterocycles. The molecule has 0 atom stereocenters. The fourth-order valence-electron chi connectivity index (χ4n) is 4.48. The average molecular weight is 440 g/mol. The number of hydrogen-bond donors (Lipinski definition) is 1. The van der Waals surface area contributed by atoms with Gasteiger partial charge in [-0.25, -0.2) is 4.79 Å². The number of carboxylic acid groups (broad SMARTS) is 1. The fraction of sp³-hybridized carbons (Fsp3) is 0.522. The van der Waals surface area contributed by atoms with Crippen molar-refractivity contribution in [1.82, 2.24) is 14.8 Å². The fourth-order valence-corrected chi connectivity index (χ4v) is 4.48. The number of fused-ring (bicyclic) bond motifs is 1. The molecule has 0 bridgehead atoms. The standard InChI is InChI=1S/C23H29N5O4/c1-31-20-13-18-19(14-21(20)32-12-4-7-26-5-2-3-6-26)25-16-17(15-24)22(18)27-8-10-28(11-9-27)23(29)30/h13-14,16H,2-12H2,1H3,(H,29,30). The molecule has 9 heteroatoms. The number of amides is 1. The van der Waals surface area contributed by atoms with Crippen molar-refractivity contribution >= 4 is 22.7 Å². The monoisotopic (exact) mass is 439 g/mol. The summed E-state index contributed by atoms with van der Waals surface area (Å²) in [6.07, 6.45) is 4.16. The topological polar surface area (TPSA) is 102 Å². The number of ether oxygens (including phenoxy) is 2. The van der Waals surface area contributed by atoms with Crippen molar-refractivity contribution in [2.75, 3.05) is 64.4 Å². The van der Waals surface area contributed by atoms with Gasteiger partial charge in [0.1, 0.15) is 6.07 Å². The number of benzene rings is 1. The Bertz CT molecular complexity index is 1010. The highest BCUT2D eigenvalue weighted by Crippen LogP contribution is 2.38. The molecule has 2 saturated heterocycles. The Kier molecular flexibility index (Phi) is 6.81. The van der Waals surface area contributed by atoms with Crippen LogP contribution in [0.2, 0.25) is 0 Å². The number of anilines is 1. The van der Waals surface area contributed by atoms with E-state index in [9.17, 15) is 15.2 Å². The second kappa shape index (κ2) is 9.92. The molecule has 4 rings (SSSR count). The Labute approximate surface area is 187 Å². The van der Waals surface area contributed by atoms with Gasteiger partial charge in [-0.3, -0.25) is 4.98 Å². The van der Waals surface area contributed by atoms with Gasteiger partial charge in [-0.05, 0) is 38.4 Å². The molecule has 0 spiro atoms. The SMILES string of the molecule is COc1cc2c(N3CCN(C(=O)O)CC3)c(C#N)cnc2cc1OCCCN1CCCC1. The molecule has 0 aliphatic carbocycles. The van der Waals surface area contributed by atoms with E-state index >= 15 is 0 Å². The highest BCUT2D eigenvalue weighted by atomic mass is 16.5. The summed E-state index contributed by atoms with van der Waals surface area (Å²) in [4.78, 5) is 21.6. The molecule has 0 unspecified atom stereocenters. The first-order chi connectivity index (χ1) is 15.6. The number of rotatable bonds is 7. The van der Waals surface area contributed by atoms with Crippen LogP contribution < -0.4 is 14.4 Å². The summed E-state index contributed by atoms with van der Waals surface area (Å²) in [5.74, 6) is 1.24. The maximum atomic E-state index is 11.2. The summed E-state index contributed by atoms with van der Waals surface area (Å²) in [5.41, 5.74) is 1.94. The summed E-state index contributed by atoms with van der Waals surface area (Å²) >= 11 is 0. The second-order valence-corrected chi connectivity index (χ2v) is 8.16. The molecule has 0 radical (unpaired) electrons. The Morgan fingerprint density at radius 1 is 1.16 bits per heavy atom. The van der Waals surface area contributed by atoms with Gasteiger partial charge >= 0.3 is 6.09 Å². The lowest BCUT2D eigenvalue weighted by Gasteiger charge is -2.35. The van der Waals surface area contributed by atoms with Crippen molar-refractivity contribution in [1.29, 1.82) is 5.26 Å². The highest BCUT2D eigenvalue weighted by Gasteiger charge is 2.25. The third-order valence-electron chi connectivity index (χ3n) is 6.19. The quantitative estimate of drug-likeness (QED) is 0.657. The van der Waals surface area contributed by atoms with Crippen LogP contribution in [0.3, 0.4) is 0 Å². The number of likely N-dealkylation sites (tertiary alicyclic amines) is 1. The third kappa shape index (κ3) is 4.65. The maximum absolute atomic E-state index is 11.2. The molecule has 170 valence electrons. The van der Waals surface area contributed by atoms with Crippen LogP contribution in [-0.4, -0.2) is 85.5 Å². The van der Waals surface area contributed by atoms with Crippen LogP contribution in [0.25, 0.3) is 10.9 Å². The molecule has 1 N–H and O–H groups in total. The Morgan fingerprint density at radius 3 is 2.56 bits per heavy atom. The minimum absolute atomic E-state index is 0.388. The van der Waals surface area contributed by atoms with Crippen LogP contribution in [-0.2, 0) is 0 Å². The summed E-state index contributed by atoms with van der Waals surface area (Å²) in [7, 11) is 1.60. The van der Waals surface area contributed by atoms with Gasteiger partial charge in [0.15, 0.2) is 11.5 Å². The highest BCUT2D eigenvalue weighted by molar-refractivity contribution is 5.96. The minimum Gasteiger partial charge on any atom is -0.493 e. The zero-order valence-electron chi connectivity index (χ0n) is 18.4. The van der Waals surface area contributed by atoms with Crippen molar-refractivity contribution in [3.63, 3.8) is 0 Å². The van der Waals surface area contributed by atoms with Gasteiger partial charge < -0.3 is 29.3 Å². The molecular weight excluding hydrogens is 410 g/mol. The first-order valence-corrected chi connectivity index (χ1v) is 11.1. The summed E-state index contributed by atoms with van der Waals surface area (Å²) in [6.45, 7) is 5.78. The van der Waals surface area contributed by atoms with Crippen LogP contribution in [0.5, 0.6) is 11.5 Å². The number of hydrogen-bond acceptors (Lipinski definition) is 7.